The van der Waals surface area contributed by atoms with E-state index in [1.807, 2.05) is 0 Å². The maximum absolute atomic E-state index is 11.5. The molecule has 5 heteroatoms. The van der Waals surface area contributed by atoms with Crippen LogP contribution in [0.3, 0.4) is 0 Å². The Morgan fingerprint density at radius 1 is 1.44 bits per heavy atom. The van der Waals surface area contributed by atoms with Crippen molar-refractivity contribution in [3.05, 3.63) is 24.3 Å². The van der Waals surface area contributed by atoms with Gasteiger partial charge in [-0.3, -0.25) is 0 Å². The average Bonchev–Trinajstić information content (AvgIpc) is 3.21. The van der Waals surface area contributed by atoms with Crippen LogP contribution in [0.1, 0.15) is 12.8 Å². The van der Waals surface area contributed by atoms with Gasteiger partial charge in [0.1, 0.15) is 5.75 Å². The Kier molecular flexibility index (Phi) is 4.04. The molecule has 3 N–H and O–H groups in total. The lowest BCUT2D eigenvalue weighted by atomic mass is 10.2. The number of anilines is 1. The van der Waals surface area contributed by atoms with Gasteiger partial charge in [-0.25, -0.2) is 4.79 Å². The SMILES string of the molecule is COc1ccc(NC(=O)NCC(O)C2CC2)cc1. The largest absolute Gasteiger partial charge is 0.497 e. The topological polar surface area (TPSA) is 70.6 Å². The molecule has 0 bridgehead atoms. The van der Waals surface area contributed by atoms with Crippen LogP contribution in [0.5, 0.6) is 5.75 Å². The predicted molar refractivity (Wildman–Crippen MR) is 68.7 cm³/mol. The van der Waals surface area contributed by atoms with Crippen molar-refractivity contribution in [2.45, 2.75) is 18.9 Å². The maximum Gasteiger partial charge on any atom is 0.319 e. The lowest BCUT2D eigenvalue weighted by Gasteiger charge is -2.11. The summed E-state index contributed by atoms with van der Waals surface area (Å²) in [5, 5.41) is 15.0. The van der Waals surface area contributed by atoms with E-state index >= 15 is 0 Å². The summed E-state index contributed by atoms with van der Waals surface area (Å²) in [6.07, 6.45) is 1.69. The van der Waals surface area contributed by atoms with Crippen molar-refractivity contribution in [3.63, 3.8) is 0 Å². The van der Waals surface area contributed by atoms with E-state index in [0.717, 1.165) is 18.6 Å². The molecule has 1 aliphatic carbocycles. The van der Waals surface area contributed by atoms with Crippen LogP contribution in [-0.2, 0) is 0 Å². The molecule has 1 unspecified atom stereocenters. The van der Waals surface area contributed by atoms with Crippen LogP contribution in [0, 0.1) is 5.92 Å². The Morgan fingerprint density at radius 2 is 2.11 bits per heavy atom. The summed E-state index contributed by atoms with van der Waals surface area (Å²) in [6.45, 7) is 0.298. The lowest BCUT2D eigenvalue weighted by molar-refractivity contribution is 0.150. The zero-order valence-corrected chi connectivity index (χ0v) is 10.3. The minimum absolute atomic E-state index is 0.298. The average molecular weight is 250 g/mol. The molecule has 0 radical (unpaired) electrons. The van der Waals surface area contributed by atoms with Gasteiger partial charge in [0.15, 0.2) is 0 Å². The molecule has 0 heterocycles. The highest BCUT2D eigenvalue weighted by atomic mass is 16.5. The molecule has 1 fully saturated rings. The van der Waals surface area contributed by atoms with Crippen molar-refractivity contribution >= 4 is 11.7 Å². The van der Waals surface area contributed by atoms with Crippen LogP contribution in [0.25, 0.3) is 0 Å². The number of rotatable bonds is 5. The summed E-state index contributed by atoms with van der Waals surface area (Å²) in [7, 11) is 1.59. The Labute approximate surface area is 106 Å². The third-order valence-corrected chi connectivity index (χ3v) is 2.99. The summed E-state index contributed by atoms with van der Waals surface area (Å²) in [6, 6.07) is 6.76. The van der Waals surface area contributed by atoms with Gasteiger partial charge >= 0.3 is 6.03 Å². The van der Waals surface area contributed by atoms with Crippen molar-refractivity contribution in [1.82, 2.24) is 5.32 Å². The fraction of sp³-hybridized carbons (Fsp3) is 0.462. The summed E-state index contributed by atoms with van der Waals surface area (Å²) < 4.78 is 5.03. The molecule has 2 amide bonds. The maximum atomic E-state index is 11.5. The molecule has 2 rings (SSSR count). The fourth-order valence-electron chi connectivity index (χ4n) is 1.69. The molecular formula is C13H18N2O3. The van der Waals surface area contributed by atoms with Gasteiger partial charge in [-0.2, -0.15) is 0 Å². The van der Waals surface area contributed by atoms with Crippen LogP contribution in [0.4, 0.5) is 10.5 Å². The van der Waals surface area contributed by atoms with Crippen LogP contribution in [-0.4, -0.2) is 30.9 Å². The van der Waals surface area contributed by atoms with Gasteiger partial charge in [0.2, 0.25) is 0 Å². The second kappa shape index (κ2) is 5.73. The van der Waals surface area contributed by atoms with Crippen molar-refractivity contribution in [1.29, 1.82) is 0 Å². The molecule has 98 valence electrons. The first kappa shape index (κ1) is 12.7. The number of urea groups is 1. The summed E-state index contributed by atoms with van der Waals surface area (Å²) >= 11 is 0. The van der Waals surface area contributed by atoms with Crippen molar-refractivity contribution in [3.8, 4) is 5.75 Å². The van der Waals surface area contributed by atoms with E-state index in [1.54, 1.807) is 31.4 Å². The molecule has 0 aliphatic heterocycles. The van der Waals surface area contributed by atoms with E-state index in [0.29, 0.717) is 18.2 Å². The number of amides is 2. The molecule has 0 aromatic heterocycles. The van der Waals surface area contributed by atoms with Crippen LogP contribution in [0.2, 0.25) is 0 Å². The van der Waals surface area contributed by atoms with Crippen LogP contribution in [0.15, 0.2) is 24.3 Å². The lowest BCUT2D eigenvalue weighted by Crippen LogP contribution is -2.36. The number of nitrogens with one attached hydrogen (secondary N) is 2. The highest BCUT2D eigenvalue weighted by molar-refractivity contribution is 5.89. The molecule has 5 nitrogen and oxygen atoms in total. The highest BCUT2D eigenvalue weighted by Crippen LogP contribution is 2.32. The highest BCUT2D eigenvalue weighted by Gasteiger charge is 2.29. The number of carbonyl (C=O) groups is 1. The summed E-state index contributed by atoms with van der Waals surface area (Å²) in [5.74, 6) is 1.11. The molecule has 1 saturated carbocycles. The zero-order chi connectivity index (χ0) is 13.0. The first-order chi connectivity index (χ1) is 8.69. The van der Waals surface area contributed by atoms with Crippen molar-refractivity contribution in [2.24, 2.45) is 5.92 Å². The third kappa shape index (κ3) is 3.63. The zero-order valence-electron chi connectivity index (χ0n) is 10.3. The van der Waals surface area contributed by atoms with E-state index in [2.05, 4.69) is 10.6 Å². The van der Waals surface area contributed by atoms with Gasteiger partial charge in [0.25, 0.3) is 0 Å². The first-order valence-electron chi connectivity index (χ1n) is 6.06. The summed E-state index contributed by atoms with van der Waals surface area (Å²) in [4.78, 5) is 11.5. The van der Waals surface area contributed by atoms with Crippen molar-refractivity contribution < 1.29 is 14.6 Å². The second-order valence-corrected chi connectivity index (χ2v) is 4.47. The van der Waals surface area contributed by atoms with Gasteiger partial charge in [0.05, 0.1) is 13.2 Å². The van der Waals surface area contributed by atoms with E-state index in [-0.39, 0.29) is 6.03 Å². The minimum atomic E-state index is -0.424. The Bertz CT molecular complexity index is 401. The van der Waals surface area contributed by atoms with Gasteiger partial charge in [-0.15, -0.1) is 0 Å². The van der Waals surface area contributed by atoms with Crippen LogP contribution >= 0.6 is 0 Å². The monoisotopic (exact) mass is 250 g/mol. The molecule has 1 aliphatic rings. The van der Waals surface area contributed by atoms with E-state index in [9.17, 15) is 9.90 Å². The molecule has 0 spiro atoms. The summed E-state index contributed by atoms with van der Waals surface area (Å²) in [5.41, 5.74) is 0.689. The number of benzene rings is 1. The third-order valence-electron chi connectivity index (χ3n) is 2.99. The standard InChI is InChI=1S/C13H18N2O3/c1-18-11-6-4-10(5-7-11)15-13(17)14-8-12(16)9-2-3-9/h4-7,9,12,16H,2-3,8H2,1H3,(H2,14,15,17). The number of methoxy groups -OCH3 is 1. The van der Waals surface area contributed by atoms with Gasteiger partial charge < -0.3 is 20.5 Å². The quantitative estimate of drug-likeness (QED) is 0.743. The van der Waals surface area contributed by atoms with E-state index in [1.165, 1.54) is 0 Å². The number of aliphatic hydroxyl groups is 1. The predicted octanol–water partition coefficient (Wildman–Crippen LogP) is 1.59. The Morgan fingerprint density at radius 3 is 2.67 bits per heavy atom. The molecule has 1 aromatic carbocycles. The van der Waals surface area contributed by atoms with Gasteiger partial charge in [-0.1, -0.05) is 0 Å². The number of ether oxygens (including phenoxy) is 1. The van der Waals surface area contributed by atoms with E-state index in [4.69, 9.17) is 4.74 Å². The van der Waals surface area contributed by atoms with Gasteiger partial charge in [-0.05, 0) is 43.0 Å². The number of aliphatic hydroxyl groups excluding tert-OH is 1. The second-order valence-electron chi connectivity index (χ2n) is 4.47. The van der Waals surface area contributed by atoms with Crippen LogP contribution < -0.4 is 15.4 Å². The number of carbonyl (C=O) groups excluding carboxylic acids is 1. The minimum Gasteiger partial charge on any atom is -0.497 e. The molecule has 1 aromatic rings. The number of hydrogen-bond donors (Lipinski definition) is 3. The van der Waals surface area contributed by atoms with E-state index < -0.39 is 6.10 Å². The molecular weight excluding hydrogens is 232 g/mol. The fourth-order valence-corrected chi connectivity index (χ4v) is 1.69. The number of hydrogen-bond acceptors (Lipinski definition) is 3. The first-order valence-corrected chi connectivity index (χ1v) is 6.06. The van der Waals surface area contributed by atoms with Crippen molar-refractivity contribution in [2.75, 3.05) is 19.0 Å². The molecule has 0 saturated heterocycles. The Hall–Kier alpha value is -1.75. The molecule has 18 heavy (non-hydrogen) atoms. The Balaban J connectivity index is 1.75. The normalized spacial score (nSPS) is 15.9. The molecule has 1 atom stereocenters. The van der Waals surface area contributed by atoms with Gasteiger partial charge in [0, 0.05) is 12.2 Å². The smallest absolute Gasteiger partial charge is 0.319 e.